The molecule has 1 saturated heterocycles. The van der Waals surface area contributed by atoms with Crippen molar-refractivity contribution in [1.29, 1.82) is 0 Å². The number of benzene rings is 1. The van der Waals surface area contributed by atoms with Gasteiger partial charge >= 0.3 is 0 Å². The van der Waals surface area contributed by atoms with Crippen LogP contribution in [0.15, 0.2) is 18.2 Å². The van der Waals surface area contributed by atoms with Crippen LogP contribution in [0.2, 0.25) is 0 Å². The number of nitrogens with zero attached hydrogens (tertiary/aromatic N) is 1. The minimum absolute atomic E-state index is 0.0538. The van der Waals surface area contributed by atoms with Gasteiger partial charge in [0.1, 0.15) is 5.75 Å². The topological polar surface area (TPSA) is 52.6 Å². The van der Waals surface area contributed by atoms with Gasteiger partial charge in [-0.15, -0.1) is 0 Å². The van der Waals surface area contributed by atoms with Crippen LogP contribution in [0.4, 0.5) is 0 Å². The maximum atomic E-state index is 12.2. The highest BCUT2D eigenvalue weighted by atomic mass is 16.3. The second kappa shape index (κ2) is 5.61. The third-order valence-electron chi connectivity index (χ3n) is 3.82. The minimum atomic E-state index is -0.182. The second-order valence-corrected chi connectivity index (χ2v) is 5.63. The van der Waals surface area contributed by atoms with Crippen molar-refractivity contribution in [3.63, 3.8) is 0 Å². The predicted octanol–water partition coefficient (Wildman–Crippen LogP) is 1.77. The molecule has 1 heterocycles. The zero-order valence-electron chi connectivity index (χ0n) is 11.8. The van der Waals surface area contributed by atoms with E-state index >= 15 is 0 Å². The summed E-state index contributed by atoms with van der Waals surface area (Å²) in [5.74, 6) is 0.298. The fourth-order valence-electron chi connectivity index (χ4n) is 2.65. The highest BCUT2D eigenvalue weighted by Gasteiger charge is 2.26. The summed E-state index contributed by atoms with van der Waals surface area (Å²) in [6, 6.07) is 5.32. The number of rotatable bonds is 2. The quantitative estimate of drug-likeness (QED) is 0.854. The molecule has 0 aromatic heterocycles. The van der Waals surface area contributed by atoms with E-state index in [0.29, 0.717) is 11.5 Å². The first-order valence-corrected chi connectivity index (χ1v) is 6.76. The van der Waals surface area contributed by atoms with Crippen molar-refractivity contribution in [1.82, 2.24) is 10.2 Å². The van der Waals surface area contributed by atoms with E-state index < -0.39 is 0 Å². The Bertz CT molecular complexity index is 473. The van der Waals surface area contributed by atoms with Gasteiger partial charge in [0.2, 0.25) is 0 Å². The van der Waals surface area contributed by atoms with E-state index in [0.717, 1.165) is 25.1 Å². The van der Waals surface area contributed by atoms with Crippen LogP contribution in [-0.4, -0.2) is 42.1 Å². The number of hydrogen-bond donors (Lipinski definition) is 2. The summed E-state index contributed by atoms with van der Waals surface area (Å²) in [7, 11) is 2.10. The van der Waals surface area contributed by atoms with Gasteiger partial charge in [-0.3, -0.25) is 4.79 Å². The normalized spacial score (nSPS) is 24.2. The van der Waals surface area contributed by atoms with E-state index in [9.17, 15) is 9.90 Å². The second-order valence-electron chi connectivity index (χ2n) is 5.63. The van der Waals surface area contributed by atoms with Gasteiger partial charge in [0.05, 0.1) is 5.56 Å². The van der Waals surface area contributed by atoms with Crippen molar-refractivity contribution in [3.8, 4) is 5.75 Å². The van der Waals surface area contributed by atoms with Crippen LogP contribution in [0.25, 0.3) is 0 Å². The molecular formula is C15H22N2O2. The number of carbonyl (C=O) groups excluding carboxylic acids is 1. The number of piperidine rings is 1. The molecule has 1 aromatic carbocycles. The molecule has 0 radical (unpaired) electrons. The highest BCUT2D eigenvalue weighted by molar-refractivity contribution is 5.97. The zero-order valence-corrected chi connectivity index (χ0v) is 11.8. The number of phenols is 1. The fourth-order valence-corrected chi connectivity index (χ4v) is 2.65. The van der Waals surface area contributed by atoms with Crippen molar-refractivity contribution in [2.45, 2.75) is 26.3 Å². The summed E-state index contributed by atoms with van der Waals surface area (Å²) in [4.78, 5) is 14.5. The van der Waals surface area contributed by atoms with Gasteiger partial charge in [-0.05, 0) is 50.6 Å². The molecule has 0 spiro atoms. The van der Waals surface area contributed by atoms with Crippen molar-refractivity contribution >= 4 is 5.91 Å². The molecule has 1 fully saturated rings. The Hall–Kier alpha value is -1.55. The first kappa shape index (κ1) is 13.9. The van der Waals surface area contributed by atoms with Gasteiger partial charge in [0.25, 0.3) is 5.91 Å². The van der Waals surface area contributed by atoms with E-state index in [1.54, 1.807) is 12.1 Å². The smallest absolute Gasteiger partial charge is 0.255 e. The molecule has 4 nitrogen and oxygen atoms in total. The molecule has 2 atom stereocenters. The van der Waals surface area contributed by atoms with Crippen molar-refractivity contribution in [2.24, 2.45) is 5.92 Å². The van der Waals surface area contributed by atoms with E-state index in [4.69, 9.17) is 0 Å². The number of nitrogens with one attached hydrogen (secondary N) is 1. The molecule has 2 N–H and O–H groups in total. The Morgan fingerprint density at radius 1 is 1.47 bits per heavy atom. The average molecular weight is 262 g/mol. The Morgan fingerprint density at radius 2 is 2.21 bits per heavy atom. The number of aryl methyl sites for hydroxylation is 1. The first-order valence-electron chi connectivity index (χ1n) is 6.76. The number of amides is 1. The molecule has 2 rings (SSSR count). The van der Waals surface area contributed by atoms with Crippen LogP contribution in [0.5, 0.6) is 5.75 Å². The summed E-state index contributed by atoms with van der Waals surface area (Å²) in [5.41, 5.74) is 1.30. The van der Waals surface area contributed by atoms with Gasteiger partial charge in [-0.25, -0.2) is 0 Å². The minimum Gasteiger partial charge on any atom is -0.507 e. The SMILES string of the molecule is Cc1ccc(C(=O)NC2CCN(C)CC2C)c(O)c1. The number of carbonyl (C=O) groups is 1. The lowest BCUT2D eigenvalue weighted by Crippen LogP contribution is -2.48. The van der Waals surface area contributed by atoms with Crippen LogP contribution in [0.3, 0.4) is 0 Å². The lowest BCUT2D eigenvalue weighted by Gasteiger charge is -2.35. The summed E-state index contributed by atoms with van der Waals surface area (Å²) < 4.78 is 0. The lowest BCUT2D eigenvalue weighted by atomic mass is 9.94. The van der Waals surface area contributed by atoms with E-state index in [2.05, 4.69) is 24.2 Å². The molecule has 0 aliphatic carbocycles. The van der Waals surface area contributed by atoms with E-state index in [1.165, 1.54) is 0 Å². The molecule has 104 valence electrons. The number of hydrogen-bond acceptors (Lipinski definition) is 3. The molecule has 1 aromatic rings. The first-order chi connectivity index (χ1) is 8.97. The van der Waals surface area contributed by atoms with Gasteiger partial charge in [-0.2, -0.15) is 0 Å². The summed E-state index contributed by atoms with van der Waals surface area (Å²) >= 11 is 0. The standard InChI is InChI=1S/C15H22N2O2/c1-10-4-5-12(14(18)8-10)15(19)16-13-6-7-17(3)9-11(13)2/h4-5,8,11,13,18H,6-7,9H2,1-3H3,(H,16,19). The summed E-state index contributed by atoms with van der Waals surface area (Å²) in [6.07, 6.45) is 0.954. The summed E-state index contributed by atoms with van der Waals surface area (Å²) in [5, 5.41) is 12.9. The number of likely N-dealkylation sites (tertiary alicyclic amines) is 1. The predicted molar refractivity (Wildman–Crippen MR) is 75.4 cm³/mol. The molecule has 2 unspecified atom stereocenters. The molecule has 1 aliphatic rings. The molecule has 0 saturated carbocycles. The molecule has 19 heavy (non-hydrogen) atoms. The Kier molecular flexibility index (Phi) is 4.10. The maximum Gasteiger partial charge on any atom is 0.255 e. The van der Waals surface area contributed by atoms with E-state index in [1.807, 2.05) is 13.0 Å². The maximum absolute atomic E-state index is 12.2. The van der Waals surface area contributed by atoms with Crippen molar-refractivity contribution in [3.05, 3.63) is 29.3 Å². The van der Waals surface area contributed by atoms with Crippen LogP contribution in [0, 0.1) is 12.8 Å². The van der Waals surface area contributed by atoms with Gasteiger partial charge in [0, 0.05) is 12.6 Å². The van der Waals surface area contributed by atoms with Crippen LogP contribution >= 0.6 is 0 Å². The molecule has 4 heteroatoms. The Balaban J connectivity index is 2.04. The largest absolute Gasteiger partial charge is 0.507 e. The highest BCUT2D eigenvalue weighted by Crippen LogP contribution is 2.20. The van der Waals surface area contributed by atoms with Crippen LogP contribution in [0.1, 0.15) is 29.3 Å². The monoisotopic (exact) mass is 262 g/mol. The van der Waals surface area contributed by atoms with E-state index in [-0.39, 0.29) is 17.7 Å². The zero-order chi connectivity index (χ0) is 14.0. The van der Waals surface area contributed by atoms with Crippen molar-refractivity contribution in [2.75, 3.05) is 20.1 Å². The molecular weight excluding hydrogens is 240 g/mol. The molecule has 0 bridgehead atoms. The number of phenolic OH excluding ortho intramolecular Hbond substituents is 1. The van der Waals surface area contributed by atoms with Crippen LogP contribution < -0.4 is 5.32 Å². The van der Waals surface area contributed by atoms with Gasteiger partial charge in [-0.1, -0.05) is 13.0 Å². The Morgan fingerprint density at radius 3 is 2.84 bits per heavy atom. The van der Waals surface area contributed by atoms with Gasteiger partial charge < -0.3 is 15.3 Å². The average Bonchev–Trinajstić information content (AvgIpc) is 2.32. The number of aromatic hydroxyl groups is 1. The lowest BCUT2D eigenvalue weighted by molar-refractivity contribution is 0.0881. The Labute approximate surface area is 114 Å². The fraction of sp³-hybridized carbons (Fsp3) is 0.533. The van der Waals surface area contributed by atoms with Crippen molar-refractivity contribution < 1.29 is 9.90 Å². The summed E-state index contributed by atoms with van der Waals surface area (Å²) in [6.45, 7) is 6.02. The molecule has 1 aliphatic heterocycles. The van der Waals surface area contributed by atoms with Gasteiger partial charge in [0.15, 0.2) is 0 Å². The third-order valence-corrected chi connectivity index (χ3v) is 3.82. The third kappa shape index (κ3) is 3.26. The molecule has 1 amide bonds. The van der Waals surface area contributed by atoms with Crippen LogP contribution in [-0.2, 0) is 0 Å².